The van der Waals surface area contributed by atoms with Crippen molar-refractivity contribution < 1.29 is 9.53 Å². The largest absolute Gasteiger partial charge is 0.495 e. The molecule has 1 fully saturated rings. The van der Waals surface area contributed by atoms with Crippen molar-refractivity contribution in [1.82, 2.24) is 24.6 Å². The summed E-state index contributed by atoms with van der Waals surface area (Å²) >= 11 is 0. The molecule has 1 N–H and O–H groups in total. The number of methoxy groups -OCH3 is 1. The lowest BCUT2D eigenvalue weighted by Crippen LogP contribution is -2.39. The Bertz CT molecular complexity index is 935. The van der Waals surface area contributed by atoms with Gasteiger partial charge in [0.25, 0.3) is 5.91 Å². The van der Waals surface area contributed by atoms with Crippen molar-refractivity contribution >= 4 is 17.4 Å². The minimum Gasteiger partial charge on any atom is -0.495 e. The molecular formula is C20H22N6O2. The second kappa shape index (κ2) is 8.08. The summed E-state index contributed by atoms with van der Waals surface area (Å²) in [6, 6.07) is 11.4. The fraction of sp³-hybridized carbons (Fsp3) is 0.300. The summed E-state index contributed by atoms with van der Waals surface area (Å²) in [6.45, 7) is 1.35. The predicted octanol–water partition coefficient (Wildman–Crippen LogP) is 2.90. The number of para-hydroxylation sites is 2. The molecule has 0 saturated carbocycles. The highest BCUT2D eigenvalue weighted by Gasteiger charge is 2.26. The van der Waals surface area contributed by atoms with Crippen molar-refractivity contribution in [2.75, 3.05) is 25.5 Å². The van der Waals surface area contributed by atoms with Gasteiger partial charge < -0.3 is 15.0 Å². The lowest BCUT2D eigenvalue weighted by molar-refractivity contribution is 0.0690. The Balaban J connectivity index is 1.49. The molecule has 8 nitrogen and oxygen atoms in total. The molecule has 0 atom stereocenters. The maximum absolute atomic E-state index is 13.1. The first-order valence-electron chi connectivity index (χ1n) is 9.24. The van der Waals surface area contributed by atoms with E-state index < -0.39 is 0 Å². The van der Waals surface area contributed by atoms with E-state index in [2.05, 4.69) is 20.4 Å². The van der Waals surface area contributed by atoms with Gasteiger partial charge in [0.2, 0.25) is 0 Å². The average Bonchev–Trinajstić information content (AvgIpc) is 3.29. The van der Waals surface area contributed by atoms with E-state index in [4.69, 9.17) is 4.74 Å². The molecule has 0 unspecified atom stereocenters. The van der Waals surface area contributed by atoms with Crippen molar-refractivity contribution in [3.63, 3.8) is 0 Å². The van der Waals surface area contributed by atoms with Crippen LogP contribution in [-0.2, 0) is 0 Å². The number of carbonyl (C=O) groups is 1. The van der Waals surface area contributed by atoms with Gasteiger partial charge in [0.1, 0.15) is 24.2 Å². The molecule has 1 aromatic carbocycles. The van der Waals surface area contributed by atoms with Crippen molar-refractivity contribution in [3.05, 3.63) is 60.8 Å². The van der Waals surface area contributed by atoms with E-state index in [-0.39, 0.29) is 11.9 Å². The highest BCUT2D eigenvalue weighted by Crippen LogP contribution is 2.29. The number of ether oxygens (including phenoxy) is 1. The number of aromatic nitrogens is 4. The fourth-order valence-corrected chi connectivity index (χ4v) is 3.46. The number of hydrogen-bond donors (Lipinski definition) is 1. The molecule has 1 aliphatic heterocycles. The van der Waals surface area contributed by atoms with Gasteiger partial charge >= 0.3 is 0 Å². The molecule has 0 bridgehead atoms. The van der Waals surface area contributed by atoms with E-state index in [0.717, 1.165) is 18.5 Å². The number of hydrogen-bond acceptors (Lipinski definition) is 6. The maximum Gasteiger partial charge on any atom is 0.257 e. The number of pyridine rings is 1. The van der Waals surface area contributed by atoms with Crippen LogP contribution in [0.1, 0.15) is 29.2 Å². The van der Waals surface area contributed by atoms with Crippen LogP contribution >= 0.6 is 0 Å². The number of anilines is 2. The Morgan fingerprint density at radius 1 is 1.18 bits per heavy atom. The Labute approximate surface area is 163 Å². The van der Waals surface area contributed by atoms with Gasteiger partial charge in [-0.05, 0) is 37.1 Å². The summed E-state index contributed by atoms with van der Waals surface area (Å²) in [5.74, 6) is 1.19. The van der Waals surface area contributed by atoms with Crippen molar-refractivity contribution in [2.45, 2.75) is 18.9 Å². The quantitative estimate of drug-likeness (QED) is 0.735. The van der Waals surface area contributed by atoms with Gasteiger partial charge in [-0.3, -0.25) is 4.79 Å². The molecule has 8 heteroatoms. The van der Waals surface area contributed by atoms with Gasteiger partial charge in [-0.2, -0.15) is 5.10 Å². The Morgan fingerprint density at radius 2 is 2.00 bits per heavy atom. The number of nitrogens with zero attached hydrogens (tertiary/aromatic N) is 5. The Hall–Kier alpha value is -3.42. The second-order valence-corrected chi connectivity index (χ2v) is 6.62. The van der Waals surface area contributed by atoms with E-state index >= 15 is 0 Å². The molecule has 0 radical (unpaired) electrons. The summed E-state index contributed by atoms with van der Waals surface area (Å²) in [4.78, 5) is 23.4. The average molecular weight is 378 g/mol. The number of carbonyl (C=O) groups excluding carboxylic acids is 1. The van der Waals surface area contributed by atoms with Crippen LogP contribution in [0.2, 0.25) is 0 Å². The van der Waals surface area contributed by atoms with Crippen molar-refractivity contribution in [3.8, 4) is 5.75 Å². The molecule has 2 aromatic heterocycles. The molecular weight excluding hydrogens is 356 g/mol. The second-order valence-electron chi connectivity index (χ2n) is 6.62. The lowest BCUT2D eigenvalue weighted by Gasteiger charge is -2.32. The summed E-state index contributed by atoms with van der Waals surface area (Å²) in [7, 11) is 1.62. The van der Waals surface area contributed by atoms with E-state index in [1.807, 2.05) is 33.8 Å². The van der Waals surface area contributed by atoms with Crippen LogP contribution in [0.3, 0.4) is 0 Å². The standard InChI is InChI=1S/C20H22N6O2/c1-28-18-7-3-2-6-17(18)24-19-16(5-4-10-22-19)20(27)25-11-8-15(9-12-25)26-14-21-13-23-26/h2-7,10,13-15H,8-9,11-12H2,1H3,(H,22,24). The molecule has 3 aromatic rings. The van der Waals surface area contributed by atoms with Gasteiger partial charge in [-0.15, -0.1) is 0 Å². The minimum atomic E-state index is -0.0254. The number of rotatable bonds is 5. The van der Waals surface area contributed by atoms with Crippen LogP contribution in [0.5, 0.6) is 5.75 Å². The molecule has 1 saturated heterocycles. The topological polar surface area (TPSA) is 85.2 Å². The zero-order valence-electron chi connectivity index (χ0n) is 15.7. The van der Waals surface area contributed by atoms with Crippen LogP contribution < -0.4 is 10.1 Å². The maximum atomic E-state index is 13.1. The van der Waals surface area contributed by atoms with E-state index in [1.54, 1.807) is 38.1 Å². The van der Waals surface area contributed by atoms with Crippen LogP contribution in [0, 0.1) is 0 Å². The first-order chi connectivity index (χ1) is 13.8. The van der Waals surface area contributed by atoms with Crippen LogP contribution in [0.15, 0.2) is 55.2 Å². The Morgan fingerprint density at radius 3 is 2.75 bits per heavy atom. The molecule has 144 valence electrons. The molecule has 3 heterocycles. The summed E-state index contributed by atoms with van der Waals surface area (Å²) < 4.78 is 7.26. The normalized spacial score (nSPS) is 14.7. The fourth-order valence-electron chi connectivity index (χ4n) is 3.46. The first kappa shape index (κ1) is 18.0. The number of nitrogens with one attached hydrogen (secondary N) is 1. The third-order valence-corrected chi connectivity index (χ3v) is 4.96. The highest BCUT2D eigenvalue weighted by atomic mass is 16.5. The minimum absolute atomic E-state index is 0.0254. The lowest BCUT2D eigenvalue weighted by atomic mass is 10.0. The third kappa shape index (κ3) is 3.66. The molecule has 1 amide bonds. The van der Waals surface area contributed by atoms with Crippen LogP contribution in [0.25, 0.3) is 0 Å². The SMILES string of the molecule is COc1ccccc1Nc1ncccc1C(=O)N1CCC(n2cncn2)CC1. The van der Waals surface area contributed by atoms with E-state index in [1.165, 1.54) is 0 Å². The van der Waals surface area contributed by atoms with E-state index in [0.29, 0.717) is 30.2 Å². The zero-order valence-corrected chi connectivity index (χ0v) is 15.7. The number of amides is 1. The summed E-state index contributed by atoms with van der Waals surface area (Å²) in [5.41, 5.74) is 1.32. The van der Waals surface area contributed by atoms with E-state index in [9.17, 15) is 4.79 Å². The number of benzene rings is 1. The summed E-state index contributed by atoms with van der Waals surface area (Å²) in [6.07, 6.45) is 6.66. The van der Waals surface area contributed by atoms with Gasteiger partial charge in [0, 0.05) is 19.3 Å². The third-order valence-electron chi connectivity index (χ3n) is 4.96. The first-order valence-corrected chi connectivity index (χ1v) is 9.24. The highest BCUT2D eigenvalue weighted by molar-refractivity contribution is 5.99. The monoisotopic (exact) mass is 378 g/mol. The van der Waals surface area contributed by atoms with Gasteiger partial charge in [-0.1, -0.05) is 12.1 Å². The van der Waals surface area contributed by atoms with Crippen molar-refractivity contribution in [2.24, 2.45) is 0 Å². The number of piperidine rings is 1. The van der Waals surface area contributed by atoms with Crippen LogP contribution in [0.4, 0.5) is 11.5 Å². The van der Waals surface area contributed by atoms with Crippen LogP contribution in [-0.4, -0.2) is 50.8 Å². The molecule has 0 aliphatic carbocycles. The van der Waals surface area contributed by atoms with Gasteiger partial charge in [0.05, 0.1) is 24.4 Å². The molecule has 4 rings (SSSR count). The molecule has 28 heavy (non-hydrogen) atoms. The Kier molecular flexibility index (Phi) is 5.18. The molecule has 0 spiro atoms. The summed E-state index contributed by atoms with van der Waals surface area (Å²) in [5, 5.41) is 7.45. The number of likely N-dealkylation sites (tertiary alicyclic amines) is 1. The van der Waals surface area contributed by atoms with Gasteiger partial charge in [-0.25, -0.2) is 14.6 Å². The predicted molar refractivity (Wildman–Crippen MR) is 105 cm³/mol. The zero-order chi connectivity index (χ0) is 19.3. The van der Waals surface area contributed by atoms with Crippen molar-refractivity contribution in [1.29, 1.82) is 0 Å². The smallest absolute Gasteiger partial charge is 0.257 e. The van der Waals surface area contributed by atoms with Gasteiger partial charge in [0.15, 0.2) is 0 Å². The molecule has 1 aliphatic rings.